The maximum absolute atomic E-state index is 13.2. The van der Waals surface area contributed by atoms with Crippen LogP contribution in [-0.4, -0.2) is 29.0 Å². The quantitative estimate of drug-likeness (QED) is 0.943. The van der Waals surface area contributed by atoms with Gasteiger partial charge in [-0.05, 0) is 42.5 Å². The van der Waals surface area contributed by atoms with Crippen LogP contribution < -0.4 is 0 Å². The Morgan fingerprint density at radius 1 is 1.09 bits per heavy atom. The van der Waals surface area contributed by atoms with Crippen molar-refractivity contribution in [2.24, 2.45) is 5.92 Å². The highest BCUT2D eigenvalue weighted by Crippen LogP contribution is 2.31. The van der Waals surface area contributed by atoms with Crippen LogP contribution in [0.3, 0.4) is 0 Å². The zero-order valence-corrected chi connectivity index (χ0v) is 12.9. The number of hydrogen-bond donors (Lipinski definition) is 1. The average molecular weight is 313 g/mol. The van der Waals surface area contributed by atoms with Gasteiger partial charge in [-0.15, -0.1) is 0 Å². The molecule has 4 heteroatoms. The normalized spacial score (nSPS) is 17.0. The molecule has 2 aromatic carbocycles. The lowest BCUT2D eigenvalue weighted by atomic mass is 9.87. The van der Waals surface area contributed by atoms with Crippen LogP contribution in [0.15, 0.2) is 54.6 Å². The second-order valence-electron chi connectivity index (χ2n) is 6.00. The predicted molar refractivity (Wildman–Crippen MR) is 86.4 cm³/mol. The molecule has 23 heavy (non-hydrogen) atoms. The number of hydrogen-bond acceptors (Lipinski definition) is 2. The Labute approximate surface area is 135 Å². The van der Waals surface area contributed by atoms with Gasteiger partial charge in [0.1, 0.15) is 5.82 Å². The van der Waals surface area contributed by atoms with E-state index >= 15 is 0 Å². The van der Waals surface area contributed by atoms with Gasteiger partial charge in [-0.25, -0.2) is 4.39 Å². The summed E-state index contributed by atoms with van der Waals surface area (Å²) < 4.78 is 13.2. The third-order valence-corrected chi connectivity index (χ3v) is 4.49. The number of benzene rings is 2. The Morgan fingerprint density at radius 2 is 1.78 bits per heavy atom. The lowest BCUT2D eigenvalue weighted by molar-refractivity contribution is 0.0462. The molecular weight excluding hydrogens is 293 g/mol. The smallest absolute Gasteiger partial charge is 0.253 e. The van der Waals surface area contributed by atoms with E-state index in [0.717, 1.165) is 18.4 Å². The average Bonchev–Trinajstić information content (AvgIpc) is 2.61. The maximum atomic E-state index is 13.2. The van der Waals surface area contributed by atoms with Crippen LogP contribution in [0.1, 0.15) is 34.9 Å². The summed E-state index contributed by atoms with van der Waals surface area (Å²) in [7, 11) is 0. The molecule has 0 aromatic heterocycles. The summed E-state index contributed by atoms with van der Waals surface area (Å²) in [5.41, 5.74) is 1.30. The molecule has 0 unspecified atom stereocenters. The topological polar surface area (TPSA) is 40.5 Å². The number of halogens is 1. The number of aliphatic hydroxyl groups excluding tert-OH is 1. The molecule has 1 N–H and O–H groups in total. The van der Waals surface area contributed by atoms with E-state index in [-0.39, 0.29) is 11.8 Å². The summed E-state index contributed by atoms with van der Waals surface area (Å²) in [6.45, 7) is 1.17. The number of piperidine rings is 1. The van der Waals surface area contributed by atoms with Crippen molar-refractivity contribution >= 4 is 5.91 Å². The molecule has 1 heterocycles. The number of carbonyl (C=O) groups is 1. The first-order chi connectivity index (χ1) is 11.1. The molecular formula is C19H20FNO2. The van der Waals surface area contributed by atoms with Crippen LogP contribution in [0.2, 0.25) is 0 Å². The van der Waals surface area contributed by atoms with Crippen molar-refractivity contribution in [1.82, 2.24) is 4.90 Å². The summed E-state index contributed by atoms with van der Waals surface area (Å²) in [4.78, 5) is 14.1. The fourth-order valence-electron chi connectivity index (χ4n) is 3.14. The number of rotatable bonds is 3. The molecule has 0 spiro atoms. The van der Waals surface area contributed by atoms with E-state index < -0.39 is 11.9 Å². The van der Waals surface area contributed by atoms with E-state index in [0.29, 0.717) is 18.7 Å². The Morgan fingerprint density at radius 3 is 2.43 bits per heavy atom. The Balaban J connectivity index is 1.61. The lowest BCUT2D eigenvalue weighted by Gasteiger charge is -2.34. The molecule has 3 rings (SSSR count). The summed E-state index contributed by atoms with van der Waals surface area (Å²) in [5.74, 6) is -0.392. The molecule has 1 fully saturated rings. The third-order valence-electron chi connectivity index (χ3n) is 4.49. The Hall–Kier alpha value is -2.20. The van der Waals surface area contributed by atoms with E-state index in [1.165, 1.54) is 12.1 Å². The fraction of sp³-hybridized carbons (Fsp3) is 0.316. The van der Waals surface area contributed by atoms with E-state index in [1.54, 1.807) is 17.0 Å². The van der Waals surface area contributed by atoms with Gasteiger partial charge >= 0.3 is 0 Å². The second-order valence-corrected chi connectivity index (χ2v) is 6.00. The van der Waals surface area contributed by atoms with Crippen LogP contribution in [0.4, 0.5) is 4.39 Å². The number of aliphatic hydroxyl groups is 1. The van der Waals surface area contributed by atoms with Crippen molar-refractivity contribution < 1.29 is 14.3 Å². The maximum Gasteiger partial charge on any atom is 0.253 e. The predicted octanol–water partition coefficient (Wildman–Crippen LogP) is 3.41. The highest BCUT2D eigenvalue weighted by atomic mass is 19.1. The van der Waals surface area contributed by atoms with Gasteiger partial charge in [-0.3, -0.25) is 4.79 Å². The molecule has 0 saturated carbocycles. The zero-order valence-electron chi connectivity index (χ0n) is 12.9. The van der Waals surface area contributed by atoms with E-state index in [4.69, 9.17) is 0 Å². The van der Waals surface area contributed by atoms with Gasteiger partial charge < -0.3 is 10.0 Å². The molecule has 3 nitrogen and oxygen atoms in total. The van der Waals surface area contributed by atoms with Crippen molar-refractivity contribution in [3.05, 3.63) is 71.5 Å². The van der Waals surface area contributed by atoms with Gasteiger partial charge in [-0.1, -0.05) is 36.4 Å². The summed E-state index contributed by atoms with van der Waals surface area (Å²) in [6, 6.07) is 15.4. The molecule has 0 radical (unpaired) electrons. The van der Waals surface area contributed by atoms with Gasteiger partial charge in [0.2, 0.25) is 0 Å². The number of carbonyl (C=O) groups excluding carboxylic acids is 1. The Kier molecular flexibility index (Phi) is 4.72. The van der Waals surface area contributed by atoms with Crippen molar-refractivity contribution in [2.75, 3.05) is 13.1 Å². The SMILES string of the molecule is O=C(c1cccc(F)c1)N1CCC([C@@H](O)c2ccccc2)CC1. The van der Waals surface area contributed by atoms with Crippen LogP contribution in [0.5, 0.6) is 0 Å². The number of likely N-dealkylation sites (tertiary alicyclic amines) is 1. The van der Waals surface area contributed by atoms with Crippen molar-refractivity contribution in [1.29, 1.82) is 0 Å². The first-order valence-corrected chi connectivity index (χ1v) is 7.93. The van der Waals surface area contributed by atoms with Crippen molar-refractivity contribution in [2.45, 2.75) is 18.9 Å². The standard InChI is InChI=1S/C19H20FNO2/c20-17-8-4-7-16(13-17)19(23)21-11-9-15(10-12-21)18(22)14-5-2-1-3-6-14/h1-8,13,15,18,22H,9-12H2/t18-/m0/s1. The fourth-order valence-corrected chi connectivity index (χ4v) is 3.14. The van der Waals surface area contributed by atoms with E-state index in [1.807, 2.05) is 30.3 Å². The van der Waals surface area contributed by atoms with Crippen LogP contribution in [0.25, 0.3) is 0 Å². The molecule has 1 amide bonds. The van der Waals surface area contributed by atoms with Crippen molar-refractivity contribution in [3.8, 4) is 0 Å². The molecule has 1 aliphatic rings. The first-order valence-electron chi connectivity index (χ1n) is 7.93. The highest BCUT2D eigenvalue weighted by Gasteiger charge is 2.28. The molecule has 1 saturated heterocycles. The van der Waals surface area contributed by atoms with Crippen molar-refractivity contribution in [3.63, 3.8) is 0 Å². The molecule has 120 valence electrons. The molecule has 0 bridgehead atoms. The number of amides is 1. The van der Waals surface area contributed by atoms with Crippen LogP contribution in [-0.2, 0) is 0 Å². The zero-order chi connectivity index (χ0) is 16.2. The third kappa shape index (κ3) is 3.59. The minimum Gasteiger partial charge on any atom is -0.388 e. The van der Waals surface area contributed by atoms with Crippen LogP contribution >= 0.6 is 0 Å². The summed E-state index contributed by atoms with van der Waals surface area (Å²) in [6.07, 6.45) is 0.997. The summed E-state index contributed by atoms with van der Waals surface area (Å²) >= 11 is 0. The molecule has 0 aliphatic carbocycles. The minimum atomic E-state index is -0.498. The molecule has 1 atom stereocenters. The monoisotopic (exact) mass is 313 g/mol. The van der Waals surface area contributed by atoms with Crippen LogP contribution in [0, 0.1) is 11.7 Å². The summed E-state index contributed by atoms with van der Waals surface area (Å²) in [5, 5.41) is 10.5. The second kappa shape index (κ2) is 6.92. The van der Waals surface area contributed by atoms with E-state index in [2.05, 4.69) is 0 Å². The number of nitrogens with zero attached hydrogens (tertiary/aromatic N) is 1. The van der Waals surface area contributed by atoms with Gasteiger partial charge in [0.05, 0.1) is 6.10 Å². The highest BCUT2D eigenvalue weighted by molar-refractivity contribution is 5.94. The van der Waals surface area contributed by atoms with Gasteiger partial charge in [0, 0.05) is 18.7 Å². The van der Waals surface area contributed by atoms with Gasteiger partial charge in [0.15, 0.2) is 0 Å². The molecule has 2 aromatic rings. The largest absolute Gasteiger partial charge is 0.388 e. The Bertz CT molecular complexity index is 666. The first kappa shape index (κ1) is 15.7. The van der Waals surface area contributed by atoms with E-state index in [9.17, 15) is 14.3 Å². The van der Waals surface area contributed by atoms with Gasteiger partial charge in [-0.2, -0.15) is 0 Å². The van der Waals surface area contributed by atoms with Gasteiger partial charge in [0.25, 0.3) is 5.91 Å². The minimum absolute atomic E-state index is 0.142. The molecule has 1 aliphatic heterocycles. The lowest BCUT2D eigenvalue weighted by Crippen LogP contribution is -2.39.